The lowest BCUT2D eigenvalue weighted by Crippen LogP contribution is -2.45. The summed E-state index contributed by atoms with van der Waals surface area (Å²) in [7, 11) is 0. The van der Waals surface area contributed by atoms with Gasteiger partial charge in [0.1, 0.15) is 6.10 Å². The van der Waals surface area contributed by atoms with E-state index in [-0.39, 0.29) is 18.1 Å². The zero-order valence-corrected chi connectivity index (χ0v) is 16.9. The van der Waals surface area contributed by atoms with Crippen molar-refractivity contribution < 1.29 is 14.3 Å². The molecule has 0 saturated heterocycles. The summed E-state index contributed by atoms with van der Waals surface area (Å²) in [6.45, 7) is 1.77. The third kappa shape index (κ3) is 4.29. The topological polar surface area (TPSA) is 67.4 Å². The van der Waals surface area contributed by atoms with Crippen LogP contribution in [-0.4, -0.2) is 18.1 Å². The van der Waals surface area contributed by atoms with Crippen LogP contribution in [0.15, 0.2) is 53.7 Å². The number of amides is 2. The second-order valence-electron chi connectivity index (χ2n) is 8.01. The van der Waals surface area contributed by atoms with Gasteiger partial charge in [0.05, 0.1) is 11.6 Å². The lowest BCUT2D eigenvalue weighted by Gasteiger charge is -2.30. The molecule has 1 saturated carbocycles. The van der Waals surface area contributed by atoms with Crippen molar-refractivity contribution in [1.82, 2.24) is 10.6 Å². The van der Waals surface area contributed by atoms with Gasteiger partial charge in [-0.2, -0.15) is 0 Å². The van der Waals surface area contributed by atoms with E-state index in [2.05, 4.69) is 10.6 Å². The Balaban J connectivity index is 1.66. The Morgan fingerprint density at radius 2 is 1.66 bits per heavy atom. The fourth-order valence-corrected chi connectivity index (χ4v) is 4.45. The van der Waals surface area contributed by atoms with Gasteiger partial charge in [-0.15, -0.1) is 0 Å². The van der Waals surface area contributed by atoms with E-state index >= 15 is 0 Å². The first kappa shape index (κ1) is 19.5. The maximum atomic E-state index is 13.2. The highest BCUT2D eigenvalue weighted by molar-refractivity contribution is 5.97. The van der Waals surface area contributed by atoms with Crippen LogP contribution < -0.4 is 10.6 Å². The highest BCUT2D eigenvalue weighted by atomic mass is 16.5. The van der Waals surface area contributed by atoms with Crippen LogP contribution in [0.25, 0.3) is 10.8 Å². The predicted molar refractivity (Wildman–Crippen MR) is 113 cm³/mol. The third-order valence-electron chi connectivity index (χ3n) is 5.95. The Hall–Kier alpha value is -2.82. The number of esters is 1. The van der Waals surface area contributed by atoms with Crippen LogP contribution in [0.1, 0.15) is 63.5 Å². The van der Waals surface area contributed by atoms with Gasteiger partial charge >= 0.3 is 12.0 Å². The number of hydrogen-bond donors (Lipinski definition) is 2. The smallest absolute Gasteiger partial charge is 0.338 e. The van der Waals surface area contributed by atoms with Crippen LogP contribution >= 0.6 is 0 Å². The lowest BCUT2D eigenvalue weighted by atomic mass is 9.91. The molecule has 0 spiro atoms. The molecule has 2 aromatic rings. The zero-order valence-electron chi connectivity index (χ0n) is 16.9. The van der Waals surface area contributed by atoms with Gasteiger partial charge < -0.3 is 15.4 Å². The molecule has 0 radical (unpaired) electrons. The van der Waals surface area contributed by atoms with Crippen molar-refractivity contribution in [3.63, 3.8) is 0 Å². The molecule has 2 amide bonds. The van der Waals surface area contributed by atoms with E-state index < -0.39 is 6.04 Å². The Bertz CT molecular complexity index is 937. The van der Waals surface area contributed by atoms with E-state index in [0.717, 1.165) is 42.0 Å². The largest absolute Gasteiger partial charge is 0.459 e. The molecule has 5 heteroatoms. The van der Waals surface area contributed by atoms with E-state index in [9.17, 15) is 9.59 Å². The van der Waals surface area contributed by atoms with E-state index in [1.165, 1.54) is 19.3 Å². The average Bonchev–Trinajstić information content (AvgIpc) is 2.68. The van der Waals surface area contributed by atoms with Crippen molar-refractivity contribution in [1.29, 1.82) is 0 Å². The fraction of sp³-hybridized carbons (Fsp3) is 0.417. The summed E-state index contributed by atoms with van der Waals surface area (Å²) < 4.78 is 5.95. The minimum atomic E-state index is -0.532. The second-order valence-corrected chi connectivity index (χ2v) is 8.01. The maximum absolute atomic E-state index is 13.2. The Morgan fingerprint density at radius 1 is 0.966 bits per heavy atom. The maximum Gasteiger partial charge on any atom is 0.338 e. The van der Waals surface area contributed by atoms with Crippen LogP contribution in [-0.2, 0) is 9.53 Å². The van der Waals surface area contributed by atoms with Gasteiger partial charge in [0, 0.05) is 5.70 Å². The number of urea groups is 1. The van der Waals surface area contributed by atoms with Crippen LogP contribution in [0.4, 0.5) is 4.79 Å². The van der Waals surface area contributed by atoms with E-state index in [0.29, 0.717) is 11.3 Å². The van der Waals surface area contributed by atoms with Gasteiger partial charge in [-0.3, -0.25) is 0 Å². The van der Waals surface area contributed by atoms with E-state index in [4.69, 9.17) is 4.74 Å². The summed E-state index contributed by atoms with van der Waals surface area (Å²) in [4.78, 5) is 25.5. The zero-order chi connectivity index (χ0) is 20.2. The molecule has 4 rings (SSSR count). The normalized spacial score (nSPS) is 21.1. The lowest BCUT2D eigenvalue weighted by molar-refractivity contribution is -0.145. The van der Waals surface area contributed by atoms with E-state index in [1.54, 1.807) is 6.92 Å². The molecule has 29 heavy (non-hydrogen) atoms. The Morgan fingerprint density at radius 3 is 2.45 bits per heavy atom. The summed E-state index contributed by atoms with van der Waals surface area (Å²) in [5.74, 6) is -0.335. The molecule has 2 aromatic carbocycles. The summed E-state index contributed by atoms with van der Waals surface area (Å²) in [6, 6.07) is 13.1. The van der Waals surface area contributed by atoms with Crippen molar-refractivity contribution in [2.45, 2.75) is 64.0 Å². The van der Waals surface area contributed by atoms with Crippen LogP contribution in [0.3, 0.4) is 0 Å². The third-order valence-corrected chi connectivity index (χ3v) is 5.95. The van der Waals surface area contributed by atoms with Gasteiger partial charge in [-0.25, -0.2) is 9.59 Å². The first-order valence-electron chi connectivity index (χ1n) is 10.6. The minimum absolute atomic E-state index is 0.0473. The van der Waals surface area contributed by atoms with Crippen molar-refractivity contribution in [2.75, 3.05) is 0 Å². The molecule has 2 N–H and O–H groups in total. The number of fused-ring (bicyclic) bond motifs is 1. The van der Waals surface area contributed by atoms with Gasteiger partial charge in [0.25, 0.3) is 0 Å². The van der Waals surface area contributed by atoms with Crippen LogP contribution in [0, 0.1) is 0 Å². The molecule has 1 aliphatic heterocycles. The molecular formula is C24H28N2O3. The highest BCUT2D eigenvalue weighted by Gasteiger charge is 2.34. The standard InChI is InChI=1S/C24H28N2O3/c1-16-21(23(27)29-18-12-5-3-2-4-6-13-18)22(26-24(28)25-16)20-15-9-11-17-10-7-8-14-19(17)20/h7-11,14-15,18,22H,2-6,12-13H2,1H3,(H2,25,26,28)/t22-/m0/s1. The first-order valence-corrected chi connectivity index (χ1v) is 10.6. The summed E-state index contributed by atoms with van der Waals surface area (Å²) in [5, 5.41) is 7.78. The number of ether oxygens (including phenoxy) is 1. The molecule has 152 valence electrons. The molecular weight excluding hydrogens is 364 g/mol. The molecule has 0 aromatic heterocycles. The summed E-state index contributed by atoms with van der Waals surface area (Å²) >= 11 is 0. The quantitative estimate of drug-likeness (QED) is 0.712. The van der Waals surface area contributed by atoms with E-state index in [1.807, 2.05) is 42.5 Å². The average molecular weight is 392 g/mol. The predicted octanol–water partition coefficient (Wildman–Crippen LogP) is 5.12. The van der Waals surface area contributed by atoms with Crippen molar-refractivity contribution in [3.05, 3.63) is 59.3 Å². The number of carbonyl (C=O) groups is 2. The number of carbonyl (C=O) groups excluding carboxylic acids is 2. The summed E-state index contributed by atoms with van der Waals surface area (Å²) in [6.07, 6.45) is 7.64. The number of allylic oxidation sites excluding steroid dienone is 1. The SMILES string of the molecule is CC1=C(C(=O)OC2CCCCCCC2)[C@H](c2cccc3ccccc23)NC(=O)N1. The molecule has 1 fully saturated rings. The number of nitrogens with one attached hydrogen (secondary N) is 2. The molecule has 0 unspecified atom stereocenters. The Labute approximate surface area is 171 Å². The minimum Gasteiger partial charge on any atom is -0.459 e. The van der Waals surface area contributed by atoms with Crippen LogP contribution in [0.2, 0.25) is 0 Å². The monoisotopic (exact) mass is 392 g/mol. The Kier molecular flexibility index (Phi) is 5.84. The molecule has 0 bridgehead atoms. The van der Waals surface area contributed by atoms with Gasteiger partial charge in [-0.1, -0.05) is 61.7 Å². The molecule has 5 nitrogen and oxygen atoms in total. The van der Waals surface area contributed by atoms with Gasteiger partial charge in [0.15, 0.2) is 0 Å². The molecule has 1 atom stereocenters. The number of rotatable bonds is 3. The molecule has 2 aliphatic rings. The molecule has 1 aliphatic carbocycles. The van der Waals surface area contributed by atoms with Gasteiger partial charge in [0.2, 0.25) is 0 Å². The number of benzene rings is 2. The van der Waals surface area contributed by atoms with Crippen LogP contribution in [0.5, 0.6) is 0 Å². The highest BCUT2D eigenvalue weighted by Crippen LogP contribution is 2.33. The molecule has 1 heterocycles. The first-order chi connectivity index (χ1) is 14.1. The van der Waals surface area contributed by atoms with Gasteiger partial charge in [-0.05, 0) is 48.9 Å². The van der Waals surface area contributed by atoms with Crippen molar-refractivity contribution in [3.8, 4) is 0 Å². The summed E-state index contributed by atoms with van der Waals surface area (Å²) in [5.41, 5.74) is 1.95. The second kappa shape index (κ2) is 8.68. The fourth-order valence-electron chi connectivity index (χ4n) is 4.45. The van der Waals surface area contributed by atoms with Crippen molar-refractivity contribution >= 4 is 22.8 Å². The number of hydrogen-bond acceptors (Lipinski definition) is 3. The van der Waals surface area contributed by atoms with Crippen molar-refractivity contribution in [2.24, 2.45) is 0 Å².